The zero-order valence-electron chi connectivity index (χ0n) is 15.1. The van der Waals surface area contributed by atoms with Crippen LogP contribution in [0, 0.1) is 11.3 Å². The second-order valence-corrected chi connectivity index (χ2v) is 7.57. The first-order valence-electron chi connectivity index (χ1n) is 8.73. The Morgan fingerprint density at radius 1 is 1.29 bits per heavy atom. The third-order valence-corrected chi connectivity index (χ3v) is 5.60. The van der Waals surface area contributed by atoms with Gasteiger partial charge in [0.05, 0.1) is 24.4 Å². The van der Waals surface area contributed by atoms with E-state index in [2.05, 4.69) is 20.8 Å². The Morgan fingerprint density at radius 3 is 2.64 bits per heavy atom. The molecule has 1 atom stereocenters. The van der Waals surface area contributed by atoms with Gasteiger partial charge in [-0.3, -0.25) is 9.19 Å². The van der Waals surface area contributed by atoms with E-state index in [9.17, 15) is 14.0 Å². The van der Waals surface area contributed by atoms with Gasteiger partial charge in [0, 0.05) is 40.0 Å². The molecule has 1 aliphatic rings. The van der Waals surface area contributed by atoms with Gasteiger partial charge in [-0.25, -0.2) is 9.71 Å². The Hall–Kier alpha value is -2.86. The number of pyridine rings is 2. The molecule has 142 valence electrons. The van der Waals surface area contributed by atoms with Crippen molar-refractivity contribution in [2.45, 2.75) is 24.8 Å². The Balaban J connectivity index is 1.72. The monoisotopic (exact) mass is 393 g/mol. The summed E-state index contributed by atoms with van der Waals surface area (Å²) in [7, 11) is 1.54. The average molecular weight is 393 g/mol. The number of methoxy groups -OCH3 is 1. The van der Waals surface area contributed by atoms with Crippen molar-refractivity contribution >= 4 is 22.2 Å². The number of fused-ring (bicyclic) bond motifs is 1. The summed E-state index contributed by atoms with van der Waals surface area (Å²) in [5.74, 6) is 0.453. The van der Waals surface area contributed by atoms with Gasteiger partial charge in [-0.1, -0.05) is 24.3 Å². The Bertz CT molecular complexity index is 1100. The first-order valence-corrected chi connectivity index (χ1v) is 9.80. The van der Waals surface area contributed by atoms with Gasteiger partial charge in [0.2, 0.25) is 5.88 Å². The van der Waals surface area contributed by atoms with E-state index in [-0.39, 0.29) is 5.54 Å². The number of ether oxygens (including phenoxy) is 1. The van der Waals surface area contributed by atoms with Crippen LogP contribution in [0.15, 0.2) is 42.7 Å². The molecule has 1 aromatic carbocycles. The Labute approximate surface area is 164 Å². The van der Waals surface area contributed by atoms with Gasteiger partial charge in [-0.2, -0.15) is 5.26 Å². The molecular weight excluding hydrogens is 376 g/mol. The van der Waals surface area contributed by atoms with Crippen LogP contribution in [-0.4, -0.2) is 31.4 Å². The van der Waals surface area contributed by atoms with E-state index in [1.165, 1.54) is 0 Å². The van der Waals surface area contributed by atoms with Gasteiger partial charge in [0.25, 0.3) is 0 Å². The highest BCUT2D eigenvalue weighted by Gasteiger charge is 2.42. The summed E-state index contributed by atoms with van der Waals surface area (Å²) in [6.45, 7) is 0. The Morgan fingerprint density at radius 2 is 2.04 bits per heavy atom. The van der Waals surface area contributed by atoms with E-state index >= 15 is 0 Å². The third kappa shape index (κ3) is 3.60. The molecule has 0 amide bonds. The lowest BCUT2D eigenvalue weighted by molar-refractivity contribution is 0.398. The van der Waals surface area contributed by atoms with Crippen LogP contribution in [0.25, 0.3) is 22.0 Å². The summed E-state index contributed by atoms with van der Waals surface area (Å²) in [4.78, 5) is 8.48. The van der Waals surface area contributed by atoms with Crippen molar-refractivity contribution < 1.29 is 13.5 Å². The summed E-state index contributed by atoms with van der Waals surface area (Å²) in [6, 6.07) is 11.8. The van der Waals surface area contributed by atoms with Crippen LogP contribution in [0.3, 0.4) is 0 Å². The average Bonchev–Trinajstić information content (AvgIpc) is 3.45. The van der Waals surface area contributed by atoms with E-state index < -0.39 is 11.3 Å². The van der Waals surface area contributed by atoms with E-state index in [1.54, 1.807) is 25.6 Å². The van der Waals surface area contributed by atoms with Gasteiger partial charge in [-0.15, -0.1) is 0 Å². The summed E-state index contributed by atoms with van der Waals surface area (Å²) >= 11 is -2.26. The van der Waals surface area contributed by atoms with E-state index in [1.807, 2.05) is 24.3 Å². The molecule has 2 aromatic heterocycles. The van der Waals surface area contributed by atoms with Gasteiger partial charge >= 0.3 is 0 Å². The molecule has 2 heterocycles. The molecule has 0 saturated heterocycles. The van der Waals surface area contributed by atoms with Gasteiger partial charge in [0.1, 0.15) is 6.07 Å². The maximum absolute atomic E-state index is 11.0. The zero-order chi connectivity index (χ0) is 19.7. The lowest BCUT2D eigenvalue weighted by atomic mass is 9.95. The minimum Gasteiger partial charge on any atom is -0.760 e. The van der Waals surface area contributed by atoms with Crippen LogP contribution in [0.5, 0.6) is 5.88 Å². The number of aromatic nitrogens is 2. The molecule has 0 radical (unpaired) electrons. The fraction of sp³-hybridized carbons (Fsp3) is 0.250. The van der Waals surface area contributed by atoms with Crippen molar-refractivity contribution in [2.24, 2.45) is 0 Å². The zero-order valence-corrected chi connectivity index (χ0v) is 16.0. The quantitative estimate of drug-likeness (QED) is 0.645. The lowest BCUT2D eigenvalue weighted by Crippen LogP contribution is -2.34. The van der Waals surface area contributed by atoms with Crippen molar-refractivity contribution in [1.82, 2.24) is 14.7 Å². The molecule has 1 fully saturated rings. The molecule has 0 bridgehead atoms. The molecule has 7 nitrogen and oxygen atoms in total. The largest absolute Gasteiger partial charge is 0.760 e. The van der Waals surface area contributed by atoms with Crippen LogP contribution in [0.4, 0.5) is 0 Å². The molecule has 28 heavy (non-hydrogen) atoms. The summed E-state index contributed by atoms with van der Waals surface area (Å²) in [6.07, 6.45) is 5.48. The minimum atomic E-state index is -2.26. The fourth-order valence-corrected chi connectivity index (χ4v) is 4.04. The van der Waals surface area contributed by atoms with E-state index in [4.69, 9.17) is 4.74 Å². The predicted molar refractivity (Wildman–Crippen MR) is 104 cm³/mol. The highest BCUT2D eigenvalue weighted by atomic mass is 32.2. The molecule has 1 unspecified atom stereocenters. The van der Waals surface area contributed by atoms with Crippen molar-refractivity contribution in [2.75, 3.05) is 7.11 Å². The number of nitrogens with one attached hydrogen (secondary N) is 1. The molecule has 4 rings (SSSR count). The van der Waals surface area contributed by atoms with E-state index in [0.717, 1.165) is 34.9 Å². The molecule has 8 heteroatoms. The van der Waals surface area contributed by atoms with Crippen LogP contribution in [-0.2, 0) is 17.7 Å². The van der Waals surface area contributed by atoms with Crippen molar-refractivity contribution in [3.8, 4) is 23.1 Å². The smallest absolute Gasteiger partial charge is 0.213 e. The Kier molecular flexibility index (Phi) is 4.81. The number of nitrogens with zero attached hydrogens (tertiary/aromatic N) is 3. The molecule has 1 N–H and O–H groups in total. The molecule has 0 spiro atoms. The van der Waals surface area contributed by atoms with Crippen molar-refractivity contribution in [1.29, 1.82) is 5.26 Å². The first-order chi connectivity index (χ1) is 13.5. The van der Waals surface area contributed by atoms with Gasteiger partial charge < -0.3 is 9.29 Å². The SMILES string of the molecule is COc1cc2c(-c3ccc(CC4(NS(=O)[O-])CC4)cc3)c(C#N)cnc2cn1. The number of nitriles is 1. The molecular formula is C20H17N4O3S-. The topological polar surface area (TPSA) is 111 Å². The second kappa shape index (κ2) is 7.28. The third-order valence-electron chi connectivity index (χ3n) is 5.00. The number of hydrogen-bond acceptors (Lipinski definition) is 6. The van der Waals surface area contributed by atoms with Crippen LogP contribution >= 0.6 is 0 Å². The first kappa shape index (κ1) is 18.5. The minimum absolute atomic E-state index is 0.353. The molecule has 1 aliphatic carbocycles. The van der Waals surface area contributed by atoms with Crippen LogP contribution in [0.2, 0.25) is 0 Å². The summed E-state index contributed by atoms with van der Waals surface area (Å²) in [5.41, 5.74) is 3.49. The van der Waals surface area contributed by atoms with Gasteiger partial charge in [-0.05, 0) is 30.4 Å². The predicted octanol–water partition coefficient (Wildman–Crippen LogP) is 2.64. The highest BCUT2D eigenvalue weighted by Crippen LogP contribution is 2.39. The maximum Gasteiger partial charge on any atom is 0.213 e. The van der Waals surface area contributed by atoms with Crippen molar-refractivity contribution in [3.63, 3.8) is 0 Å². The van der Waals surface area contributed by atoms with Crippen LogP contribution < -0.4 is 9.46 Å². The number of rotatable bonds is 6. The highest BCUT2D eigenvalue weighted by molar-refractivity contribution is 7.77. The maximum atomic E-state index is 11.0. The molecule has 0 aliphatic heterocycles. The standard InChI is InChI=1S/C20H18N4O3S/c1-27-18-8-16-17(12-23-18)22-11-15(10-21)19(16)14-4-2-13(3-5-14)9-20(6-7-20)24-28(25)26/h2-5,8,11-12,24H,6-7,9H2,1H3,(H,25,26)/p-1. The molecule has 1 saturated carbocycles. The second-order valence-electron chi connectivity index (χ2n) is 6.89. The normalized spacial score (nSPS) is 15.8. The lowest BCUT2D eigenvalue weighted by Gasteiger charge is -2.19. The van der Waals surface area contributed by atoms with Crippen molar-refractivity contribution in [3.05, 3.63) is 53.9 Å². The van der Waals surface area contributed by atoms with Gasteiger partial charge in [0.15, 0.2) is 0 Å². The summed E-state index contributed by atoms with van der Waals surface area (Å²) in [5, 5.41) is 10.4. The number of hydrogen-bond donors (Lipinski definition) is 1. The fourth-order valence-electron chi connectivity index (χ4n) is 3.41. The van der Waals surface area contributed by atoms with E-state index in [0.29, 0.717) is 23.4 Å². The van der Waals surface area contributed by atoms with Crippen LogP contribution in [0.1, 0.15) is 24.0 Å². The molecule has 3 aromatic rings. The number of benzene rings is 1. The summed E-state index contributed by atoms with van der Waals surface area (Å²) < 4.78 is 29.8.